The first-order valence-corrected chi connectivity index (χ1v) is 1.39. The van der Waals surface area contributed by atoms with Crippen LogP contribution in [0.4, 0.5) is 0 Å². The van der Waals surface area contributed by atoms with E-state index in [0.717, 1.165) is 0 Å². The zero-order valence-electron chi connectivity index (χ0n) is 2.98. The predicted molar refractivity (Wildman–Crippen MR) is 19.4 cm³/mol. The van der Waals surface area contributed by atoms with E-state index in [2.05, 4.69) is 4.74 Å². The topological polar surface area (TPSA) is 9.23 Å². The van der Waals surface area contributed by atoms with Crippen LogP contribution in [0.2, 0.25) is 0 Å². The van der Waals surface area contributed by atoms with Gasteiger partial charge in [-0.25, -0.2) is 0 Å². The second kappa shape index (κ2) is 3.96. The average molecular weight is 70.1 g/mol. The van der Waals surface area contributed by atoms with Gasteiger partial charge < -0.3 is 4.74 Å². The van der Waals surface area contributed by atoms with Gasteiger partial charge in [0, 0.05) is 0 Å². The lowest BCUT2D eigenvalue weighted by Gasteiger charge is -1.85. The van der Waals surface area contributed by atoms with E-state index < -0.39 is 0 Å². The van der Waals surface area contributed by atoms with Gasteiger partial charge in [0.1, 0.15) is 0 Å². The van der Waals surface area contributed by atoms with E-state index in [4.69, 9.17) is 13.8 Å². The monoisotopic (exact) mass is 70.0 g/mol. The van der Waals surface area contributed by atoms with Crippen LogP contribution in [0.25, 0.3) is 0 Å². The van der Waals surface area contributed by atoms with E-state index in [0.29, 0.717) is 0 Å². The smallest absolute Gasteiger partial charge is 0.0501 e. The maximum absolute atomic E-state index is 4.84. The van der Waals surface area contributed by atoms with Crippen LogP contribution in [0.3, 0.4) is 0 Å². The summed E-state index contributed by atoms with van der Waals surface area (Å²) >= 11 is 0. The van der Waals surface area contributed by atoms with Crippen LogP contribution in [0, 0.1) is 13.8 Å². The molecule has 1 heteroatoms. The zero-order valence-corrected chi connectivity index (χ0v) is 2.98. The first-order chi connectivity index (χ1) is 2.41. The van der Waals surface area contributed by atoms with E-state index in [9.17, 15) is 0 Å². The Morgan fingerprint density at radius 3 is 1.60 bits per heavy atom. The molecule has 0 heterocycles. The van der Waals surface area contributed by atoms with Crippen LogP contribution in [0.15, 0.2) is 0 Å². The van der Waals surface area contributed by atoms with Crippen molar-refractivity contribution in [3.8, 4) is 0 Å². The van der Waals surface area contributed by atoms with Gasteiger partial charge in [-0.3, -0.25) is 0 Å². The molecule has 0 bridgehead atoms. The minimum Gasteiger partial charge on any atom is -0.381 e. The summed E-state index contributed by atoms with van der Waals surface area (Å²) in [5.74, 6) is 0. The summed E-state index contributed by atoms with van der Waals surface area (Å²) in [5.41, 5.74) is 0. The minimum atomic E-state index is 0.219. The SMILES string of the molecule is [CH]COC[CH]. The van der Waals surface area contributed by atoms with Crippen molar-refractivity contribution in [1.82, 2.24) is 0 Å². The van der Waals surface area contributed by atoms with Gasteiger partial charge in [-0.05, 0) is 13.8 Å². The Morgan fingerprint density at radius 2 is 1.60 bits per heavy atom. The maximum atomic E-state index is 4.84. The number of hydrogen-bond acceptors (Lipinski definition) is 1. The van der Waals surface area contributed by atoms with Gasteiger partial charge in [0.25, 0.3) is 0 Å². The van der Waals surface area contributed by atoms with Crippen molar-refractivity contribution in [3.63, 3.8) is 0 Å². The molecule has 0 N–H and O–H groups in total. The Morgan fingerprint density at radius 1 is 1.20 bits per heavy atom. The summed E-state index contributed by atoms with van der Waals surface area (Å²) in [6.45, 7) is 10.1. The van der Waals surface area contributed by atoms with Crippen LogP contribution < -0.4 is 0 Å². The normalized spacial score (nSPS) is 8.40. The molecule has 1 nitrogen and oxygen atoms in total. The maximum Gasteiger partial charge on any atom is 0.0501 e. The van der Waals surface area contributed by atoms with Crippen LogP contribution >= 0.6 is 0 Å². The van der Waals surface area contributed by atoms with E-state index in [1.54, 1.807) is 0 Å². The molecular formula is C4H6O. The van der Waals surface area contributed by atoms with Crippen LogP contribution in [0.1, 0.15) is 0 Å². The Hall–Kier alpha value is -0.0400. The molecule has 0 rings (SSSR count). The van der Waals surface area contributed by atoms with E-state index >= 15 is 0 Å². The van der Waals surface area contributed by atoms with E-state index in [-0.39, 0.29) is 13.2 Å². The molecule has 0 unspecified atom stereocenters. The molecule has 0 saturated heterocycles. The molecule has 0 amide bonds. The lowest BCUT2D eigenvalue weighted by Crippen LogP contribution is -1.85. The molecule has 0 saturated carbocycles. The molecule has 0 aromatic carbocycles. The Labute approximate surface area is 32.9 Å². The van der Waals surface area contributed by atoms with Gasteiger partial charge in [0.15, 0.2) is 0 Å². The molecule has 0 aromatic rings. The summed E-state index contributed by atoms with van der Waals surface area (Å²) in [6.07, 6.45) is 0. The third-order valence-corrected chi connectivity index (χ3v) is 0.236. The van der Waals surface area contributed by atoms with Gasteiger partial charge >= 0.3 is 0 Å². The highest BCUT2D eigenvalue weighted by Gasteiger charge is 1.65. The zero-order chi connectivity index (χ0) is 4.12. The predicted octanol–water partition coefficient (Wildman–Crippen LogP) is 0.425. The third-order valence-electron chi connectivity index (χ3n) is 0.236. The summed E-state index contributed by atoms with van der Waals surface area (Å²) in [5, 5.41) is 0. The van der Waals surface area contributed by atoms with Crippen molar-refractivity contribution in [1.29, 1.82) is 0 Å². The summed E-state index contributed by atoms with van der Waals surface area (Å²) < 4.78 is 4.39. The molecular weight excluding hydrogens is 64.0 g/mol. The highest BCUT2D eigenvalue weighted by atomic mass is 16.5. The second-order valence-electron chi connectivity index (χ2n) is 0.537. The van der Waals surface area contributed by atoms with Crippen molar-refractivity contribution in [2.45, 2.75) is 0 Å². The molecule has 28 valence electrons. The first kappa shape index (κ1) is 4.96. The Balaban J connectivity index is 2.19. The molecule has 0 aliphatic carbocycles. The summed E-state index contributed by atoms with van der Waals surface area (Å²) in [6, 6.07) is 0. The van der Waals surface area contributed by atoms with Gasteiger partial charge in [-0.1, -0.05) is 0 Å². The van der Waals surface area contributed by atoms with Crippen molar-refractivity contribution in [2.24, 2.45) is 0 Å². The third kappa shape index (κ3) is 3.96. The van der Waals surface area contributed by atoms with Gasteiger partial charge in [0.2, 0.25) is 0 Å². The first-order valence-electron chi connectivity index (χ1n) is 1.39. The van der Waals surface area contributed by atoms with Crippen molar-refractivity contribution in [2.75, 3.05) is 13.2 Å². The van der Waals surface area contributed by atoms with Crippen LogP contribution in [0.5, 0.6) is 0 Å². The van der Waals surface area contributed by atoms with E-state index in [1.807, 2.05) is 0 Å². The highest BCUT2D eigenvalue weighted by molar-refractivity contribution is 4.31. The fraction of sp³-hybridized carbons (Fsp3) is 0.500. The highest BCUT2D eigenvalue weighted by Crippen LogP contribution is 1.63. The quantitative estimate of drug-likeness (QED) is 0.457. The largest absolute Gasteiger partial charge is 0.381 e. The van der Waals surface area contributed by atoms with Crippen molar-refractivity contribution in [3.05, 3.63) is 13.8 Å². The number of hydrogen-bond donors (Lipinski definition) is 0. The lowest BCUT2D eigenvalue weighted by atomic mass is 10.8. The van der Waals surface area contributed by atoms with Crippen LogP contribution in [-0.4, -0.2) is 13.2 Å². The molecule has 0 aliphatic rings. The Kier molecular flexibility index (Phi) is 3.93. The Bertz CT molecular complexity index is 11.1. The molecule has 0 aromatic heterocycles. The molecule has 4 radical (unpaired) electrons. The molecule has 0 aliphatic heterocycles. The van der Waals surface area contributed by atoms with Crippen molar-refractivity contribution >= 4 is 0 Å². The van der Waals surface area contributed by atoms with Gasteiger partial charge in [-0.15, -0.1) is 0 Å². The van der Waals surface area contributed by atoms with Gasteiger partial charge in [-0.2, -0.15) is 0 Å². The molecule has 0 fully saturated rings. The fourth-order valence-corrected chi connectivity index (χ4v) is 0.0680. The standard InChI is InChI=1S/C4H6O/c1-3-5-4-2/h1-2H,3-4H2. The average Bonchev–Trinajstić information content (AvgIpc) is 1.41. The molecule has 0 atom stereocenters. The van der Waals surface area contributed by atoms with Crippen LogP contribution in [-0.2, 0) is 4.74 Å². The summed E-state index contributed by atoms with van der Waals surface area (Å²) in [4.78, 5) is 0. The second-order valence-corrected chi connectivity index (χ2v) is 0.537. The lowest BCUT2D eigenvalue weighted by molar-refractivity contribution is 0.191. The van der Waals surface area contributed by atoms with Gasteiger partial charge in [0.05, 0.1) is 13.2 Å². The van der Waals surface area contributed by atoms with E-state index in [1.165, 1.54) is 0 Å². The number of ether oxygens (including phenoxy) is 1. The summed E-state index contributed by atoms with van der Waals surface area (Å²) in [7, 11) is 0. The molecule has 0 spiro atoms. The molecule has 5 heavy (non-hydrogen) atoms. The minimum absolute atomic E-state index is 0.219. The number of rotatable bonds is 2. The van der Waals surface area contributed by atoms with Crippen molar-refractivity contribution < 1.29 is 4.74 Å². The fourth-order valence-electron chi connectivity index (χ4n) is 0.0680.